The molecule has 0 amide bonds. The molecule has 142 valence electrons. The van der Waals surface area contributed by atoms with E-state index in [4.69, 9.17) is 0 Å². The molecule has 2 atom stereocenters. The van der Waals surface area contributed by atoms with E-state index < -0.39 is 0 Å². The number of aryl methyl sites for hydroxylation is 2. The van der Waals surface area contributed by atoms with Crippen LogP contribution in [0.3, 0.4) is 0 Å². The molecule has 1 aliphatic rings. The van der Waals surface area contributed by atoms with Crippen LogP contribution in [0.1, 0.15) is 51.3 Å². The Morgan fingerprint density at radius 3 is 2.93 bits per heavy atom. The van der Waals surface area contributed by atoms with Gasteiger partial charge in [0.05, 0.1) is 10.9 Å². The Morgan fingerprint density at radius 2 is 2.22 bits per heavy atom. The van der Waals surface area contributed by atoms with E-state index in [0.29, 0.717) is 18.0 Å². The van der Waals surface area contributed by atoms with Gasteiger partial charge in [-0.2, -0.15) is 5.10 Å². The normalized spacial score (nSPS) is 23.2. The van der Waals surface area contributed by atoms with Gasteiger partial charge in [-0.05, 0) is 64.7 Å². The van der Waals surface area contributed by atoms with Crippen LogP contribution in [0, 0.1) is 6.92 Å². The highest BCUT2D eigenvalue weighted by Crippen LogP contribution is 2.28. The molecule has 0 aliphatic carbocycles. The number of nitrogens with zero attached hydrogens (tertiary/aromatic N) is 2. The van der Waals surface area contributed by atoms with Crippen molar-refractivity contribution < 1.29 is 0 Å². The molecule has 1 aromatic carbocycles. The second kappa shape index (κ2) is 6.64. The number of nitrogens with one attached hydrogen (secondary N) is 2. The van der Waals surface area contributed by atoms with E-state index >= 15 is 0 Å². The Labute approximate surface area is 159 Å². The van der Waals surface area contributed by atoms with Crippen molar-refractivity contribution in [1.29, 1.82) is 0 Å². The van der Waals surface area contributed by atoms with Crippen molar-refractivity contribution in [3.8, 4) is 0 Å². The van der Waals surface area contributed by atoms with Crippen LogP contribution in [0.4, 0.5) is 0 Å². The SMILES string of the molecule is CCn1c(=O)c2c(C)[nH]nc2c2cc(C=CC[C@]3(C)CC[C@H](C)N3)ccc21. The molecule has 1 aliphatic heterocycles. The average molecular weight is 364 g/mol. The minimum absolute atomic E-state index is 0.0314. The molecule has 0 saturated carbocycles. The van der Waals surface area contributed by atoms with Gasteiger partial charge in [0, 0.05) is 29.2 Å². The lowest BCUT2D eigenvalue weighted by molar-refractivity contribution is 0.402. The number of benzene rings is 1. The van der Waals surface area contributed by atoms with Crippen molar-refractivity contribution in [2.75, 3.05) is 0 Å². The fourth-order valence-corrected chi connectivity index (χ4v) is 4.42. The van der Waals surface area contributed by atoms with Crippen molar-refractivity contribution >= 4 is 27.9 Å². The highest BCUT2D eigenvalue weighted by Gasteiger charge is 2.30. The molecule has 0 radical (unpaired) electrons. The first-order chi connectivity index (χ1) is 12.9. The minimum Gasteiger partial charge on any atom is -0.309 e. The largest absolute Gasteiger partial charge is 0.309 e. The average Bonchev–Trinajstić information content (AvgIpc) is 3.19. The summed E-state index contributed by atoms with van der Waals surface area (Å²) >= 11 is 0. The minimum atomic E-state index is 0.0314. The summed E-state index contributed by atoms with van der Waals surface area (Å²) in [6, 6.07) is 6.88. The van der Waals surface area contributed by atoms with E-state index in [1.165, 1.54) is 12.8 Å². The van der Waals surface area contributed by atoms with Gasteiger partial charge in [0.2, 0.25) is 0 Å². The molecule has 3 heterocycles. The molecule has 0 unspecified atom stereocenters. The lowest BCUT2D eigenvalue weighted by Crippen LogP contribution is -2.38. The second-order valence-electron chi connectivity index (χ2n) is 8.15. The van der Waals surface area contributed by atoms with Gasteiger partial charge in [-0.3, -0.25) is 9.89 Å². The van der Waals surface area contributed by atoms with Crippen LogP contribution in [-0.4, -0.2) is 26.3 Å². The standard InChI is InChI=1S/C22H28N4O/c1-5-26-18-9-8-16(7-6-11-22(4)12-10-14(2)23-22)13-17(18)20-19(21(26)27)15(3)24-25-20/h6-9,13-14,23H,5,10-12H2,1-4H3,(H,24,25)/t14-,22+/m0/s1. The first-order valence-corrected chi connectivity index (χ1v) is 9.87. The Hall–Kier alpha value is -2.40. The Morgan fingerprint density at radius 1 is 1.41 bits per heavy atom. The lowest BCUT2D eigenvalue weighted by Gasteiger charge is -2.23. The third-order valence-corrected chi connectivity index (χ3v) is 5.89. The van der Waals surface area contributed by atoms with Crippen molar-refractivity contribution in [3.05, 3.63) is 45.9 Å². The fraction of sp³-hybridized carbons (Fsp3) is 0.455. The molecule has 3 aromatic rings. The summed E-state index contributed by atoms with van der Waals surface area (Å²) in [5.41, 5.74) is 3.91. The summed E-state index contributed by atoms with van der Waals surface area (Å²) in [5, 5.41) is 12.8. The molecule has 0 spiro atoms. The number of rotatable bonds is 4. The van der Waals surface area contributed by atoms with Crippen LogP contribution >= 0.6 is 0 Å². The Bertz CT molecular complexity index is 1090. The molecular formula is C22H28N4O. The molecule has 2 aromatic heterocycles. The van der Waals surface area contributed by atoms with Crippen LogP contribution in [-0.2, 0) is 6.54 Å². The molecule has 5 heteroatoms. The third kappa shape index (κ3) is 3.10. The molecule has 4 rings (SSSR count). The first kappa shape index (κ1) is 18.0. The van der Waals surface area contributed by atoms with Gasteiger partial charge >= 0.3 is 0 Å². The number of aromatic nitrogens is 3. The van der Waals surface area contributed by atoms with Crippen molar-refractivity contribution in [1.82, 2.24) is 20.1 Å². The van der Waals surface area contributed by atoms with E-state index in [9.17, 15) is 4.79 Å². The van der Waals surface area contributed by atoms with Gasteiger partial charge < -0.3 is 9.88 Å². The van der Waals surface area contributed by atoms with E-state index in [2.05, 4.69) is 53.6 Å². The number of hydrogen-bond acceptors (Lipinski definition) is 3. The number of aromatic amines is 1. The van der Waals surface area contributed by atoms with Crippen LogP contribution in [0.2, 0.25) is 0 Å². The van der Waals surface area contributed by atoms with Gasteiger partial charge in [-0.25, -0.2) is 0 Å². The van der Waals surface area contributed by atoms with E-state index in [1.54, 1.807) is 0 Å². The number of hydrogen-bond donors (Lipinski definition) is 2. The van der Waals surface area contributed by atoms with Crippen LogP contribution in [0.25, 0.3) is 27.9 Å². The summed E-state index contributed by atoms with van der Waals surface area (Å²) in [5.74, 6) is 0. The zero-order valence-electron chi connectivity index (χ0n) is 16.6. The van der Waals surface area contributed by atoms with Crippen LogP contribution in [0.5, 0.6) is 0 Å². The van der Waals surface area contributed by atoms with Gasteiger partial charge in [0.15, 0.2) is 0 Å². The zero-order valence-corrected chi connectivity index (χ0v) is 16.6. The summed E-state index contributed by atoms with van der Waals surface area (Å²) in [6.07, 6.45) is 7.91. The Balaban J connectivity index is 1.74. The molecule has 0 bridgehead atoms. The number of H-pyrrole nitrogens is 1. The second-order valence-corrected chi connectivity index (χ2v) is 8.15. The van der Waals surface area contributed by atoms with E-state index in [1.807, 2.05) is 24.5 Å². The maximum Gasteiger partial charge on any atom is 0.262 e. The van der Waals surface area contributed by atoms with Crippen molar-refractivity contribution in [2.24, 2.45) is 0 Å². The topological polar surface area (TPSA) is 62.7 Å². The lowest BCUT2D eigenvalue weighted by atomic mass is 9.95. The fourth-order valence-electron chi connectivity index (χ4n) is 4.42. The summed E-state index contributed by atoms with van der Waals surface area (Å²) in [7, 11) is 0. The Kier molecular flexibility index (Phi) is 4.42. The monoisotopic (exact) mass is 364 g/mol. The van der Waals surface area contributed by atoms with Gasteiger partial charge in [0.1, 0.15) is 5.52 Å². The summed E-state index contributed by atoms with van der Waals surface area (Å²) < 4.78 is 1.83. The van der Waals surface area contributed by atoms with Gasteiger partial charge in [-0.15, -0.1) is 0 Å². The smallest absolute Gasteiger partial charge is 0.262 e. The zero-order chi connectivity index (χ0) is 19.2. The van der Waals surface area contributed by atoms with Crippen LogP contribution in [0.15, 0.2) is 29.1 Å². The van der Waals surface area contributed by atoms with Crippen molar-refractivity contribution in [2.45, 2.75) is 65.1 Å². The van der Waals surface area contributed by atoms with Gasteiger partial charge in [0.25, 0.3) is 5.56 Å². The maximum absolute atomic E-state index is 12.8. The number of fused-ring (bicyclic) bond motifs is 3. The van der Waals surface area contributed by atoms with Crippen LogP contribution < -0.4 is 10.9 Å². The summed E-state index contributed by atoms with van der Waals surface area (Å²) in [4.78, 5) is 12.8. The van der Waals surface area contributed by atoms with E-state index in [-0.39, 0.29) is 11.1 Å². The predicted molar refractivity (Wildman–Crippen MR) is 112 cm³/mol. The molecular weight excluding hydrogens is 336 g/mol. The third-order valence-electron chi connectivity index (χ3n) is 5.89. The van der Waals surface area contributed by atoms with Gasteiger partial charge in [-0.1, -0.05) is 18.2 Å². The van der Waals surface area contributed by atoms with Crippen molar-refractivity contribution in [3.63, 3.8) is 0 Å². The summed E-state index contributed by atoms with van der Waals surface area (Å²) in [6.45, 7) is 9.11. The highest BCUT2D eigenvalue weighted by molar-refractivity contribution is 6.04. The maximum atomic E-state index is 12.8. The first-order valence-electron chi connectivity index (χ1n) is 9.87. The quantitative estimate of drug-likeness (QED) is 0.731. The molecule has 5 nitrogen and oxygen atoms in total. The molecule has 2 N–H and O–H groups in total. The highest BCUT2D eigenvalue weighted by atomic mass is 16.1. The molecule has 1 fully saturated rings. The molecule has 1 saturated heterocycles. The number of pyridine rings is 1. The molecule has 27 heavy (non-hydrogen) atoms. The van der Waals surface area contributed by atoms with E-state index in [0.717, 1.165) is 34.1 Å². The predicted octanol–water partition coefficient (Wildman–Crippen LogP) is 4.14.